The molecule has 3 N–H and O–H groups in total. The summed E-state index contributed by atoms with van der Waals surface area (Å²) in [6, 6.07) is 8.28. The summed E-state index contributed by atoms with van der Waals surface area (Å²) < 4.78 is 0. The minimum atomic E-state index is 0.259. The molecule has 0 radical (unpaired) electrons. The van der Waals surface area contributed by atoms with Crippen LogP contribution in [0.25, 0.3) is 0 Å². The topological polar surface area (TPSA) is 49.5 Å². The zero-order valence-electron chi connectivity index (χ0n) is 10.0. The van der Waals surface area contributed by atoms with E-state index in [1.165, 1.54) is 11.1 Å². The SMILES string of the molecule is CCN(CCCO)Cc1ccccc1CN. The first-order chi connectivity index (χ1) is 7.81. The number of rotatable bonds is 7. The van der Waals surface area contributed by atoms with Gasteiger partial charge in [0.05, 0.1) is 0 Å². The van der Waals surface area contributed by atoms with Gasteiger partial charge in [-0.25, -0.2) is 0 Å². The van der Waals surface area contributed by atoms with Crippen molar-refractivity contribution in [2.45, 2.75) is 26.4 Å². The van der Waals surface area contributed by atoms with E-state index in [-0.39, 0.29) is 6.61 Å². The monoisotopic (exact) mass is 222 g/mol. The van der Waals surface area contributed by atoms with Crippen LogP contribution in [0.3, 0.4) is 0 Å². The van der Waals surface area contributed by atoms with Crippen LogP contribution in [-0.4, -0.2) is 29.7 Å². The number of hydrogen-bond acceptors (Lipinski definition) is 3. The van der Waals surface area contributed by atoms with E-state index in [0.29, 0.717) is 6.54 Å². The Labute approximate surface area is 97.9 Å². The Kier molecular flexibility index (Phi) is 6.08. The Bertz CT molecular complexity index is 302. The van der Waals surface area contributed by atoms with E-state index in [1.807, 2.05) is 12.1 Å². The summed E-state index contributed by atoms with van der Waals surface area (Å²) in [5.74, 6) is 0. The Morgan fingerprint density at radius 1 is 1.25 bits per heavy atom. The summed E-state index contributed by atoms with van der Waals surface area (Å²) in [4.78, 5) is 2.32. The number of nitrogens with two attached hydrogens (primary N) is 1. The molecule has 1 aromatic carbocycles. The molecule has 3 heteroatoms. The van der Waals surface area contributed by atoms with E-state index in [0.717, 1.165) is 26.1 Å². The first-order valence-electron chi connectivity index (χ1n) is 5.91. The summed E-state index contributed by atoms with van der Waals surface area (Å²) >= 11 is 0. The van der Waals surface area contributed by atoms with Crippen LogP contribution in [0.2, 0.25) is 0 Å². The van der Waals surface area contributed by atoms with Crippen molar-refractivity contribution >= 4 is 0 Å². The van der Waals surface area contributed by atoms with Crippen molar-refractivity contribution in [3.05, 3.63) is 35.4 Å². The molecule has 0 saturated heterocycles. The number of hydrogen-bond donors (Lipinski definition) is 2. The van der Waals surface area contributed by atoms with Crippen molar-refractivity contribution in [1.29, 1.82) is 0 Å². The van der Waals surface area contributed by atoms with Crippen molar-refractivity contribution in [3.8, 4) is 0 Å². The Morgan fingerprint density at radius 3 is 2.50 bits per heavy atom. The molecule has 16 heavy (non-hydrogen) atoms. The van der Waals surface area contributed by atoms with Crippen LogP contribution in [0.15, 0.2) is 24.3 Å². The average Bonchev–Trinajstić information content (AvgIpc) is 2.34. The maximum absolute atomic E-state index is 8.83. The van der Waals surface area contributed by atoms with Crippen molar-refractivity contribution in [2.75, 3.05) is 19.7 Å². The molecule has 0 aliphatic carbocycles. The molecule has 0 saturated carbocycles. The van der Waals surface area contributed by atoms with Crippen LogP contribution in [0, 0.1) is 0 Å². The Hall–Kier alpha value is -0.900. The molecule has 1 aromatic rings. The number of aliphatic hydroxyl groups excluding tert-OH is 1. The summed E-state index contributed by atoms with van der Waals surface area (Å²) in [5, 5.41) is 8.83. The van der Waals surface area contributed by atoms with Crippen molar-refractivity contribution < 1.29 is 5.11 Å². The lowest BCUT2D eigenvalue weighted by atomic mass is 10.1. The molecule has 0 aliphatic heterocycles. The van der Waals surface area contributed by atoms with Gasteiger partial charge < -0.3 is 10.8 Å². The molecular formula is C13H22N2O. The molecule has 90 valence electrons. The molecule has 0 aliphatic rings. The zero-order valence-corrected chi connectivity index (χ0v) is 10.0. The van der Waals surface area contributed by atoms with Gasteiger partial charge in [0.2, 0.25) is 0 Å². The van der Waals surface area contributed by atoms with E-state index in [2.05, 4.69) is 24.0 Å². The van der Waals surface area contributed by atoms with E-state index in [1.54, 1.807) is 0 Å². The Balaban J connectivity index is 2.62. The summed E-state index contributed by atoms with van der Waals surface area (Å²) in [5.41, 5.74) is 8.22. The lowest BCUT2D eigenvalue weighted by Crippen LogP contribution is -2.25. The van der Waals surface area contributed by atoms with Crippen LogP contribution in [-0.2, 0) is 13.1 Å². The van der Waals surface area contributed by atoms with Gasteiger partial charge in [0.1, 0.15) is 0 Å². The lowest BCUT2D eigenvalue weighted by molar-refractivity contribution is 0.225. The van der Waals surface area contributed by atoms with Crippen LogP contribution in [0.5, 0.6) is 0 Å². The fraction of sp³-hybridized carbons (Fsp3) is 0.538. The van der Waals surface area contributed by atoms with Gasteiger partial charge in [-0.3, -0.25) is 4.90 Å². The molecule has 0 fully saturated rings. The third-order valence-corrected chi connectivity index (χ3v) is 2.81. The summed E-state index contributed by atoms with van der Waals surface area (Å²) in [6.07, 6.45) is 0.832. The van der Waals surface area contributed by atoms with E-state index in [4.69, 9.17) is 10.8 Å². The minimum Gasteiger partial charge on any atom is -0.396 e. The van der Waals surface area contributed by atoms with Gasteiger partial charge in [-0.05, 0) is 24.1 Å². The number of aliphatic hydroxyl groups is 1. The van der Waals surface area contributed by atoms with E-state index < -0.39 is 0 Å². The summed E-state index contributed by atoms with van der Waals surface area (Å²) in [7, 11) is 0. The molecule has 0 atom stereocenters. The van der Waals surface area contributed by atoms with E-state index >= 15 is 0 Å². The van der Waals surface area contributed by atoms with E-state index in [9.17, 15) is 0 Å². The van der Waals surface area contributed by atoms with Gasteiger partial charge in [-0.15, -0.1) is 0 Å². The Morgan fingerprint density at radius 2 is 1.94 bits per heavy atom. The smallest absolute Gasteiger partial charge is 0.0443 e. The molecule has 3 nitrogen and oxygen atoms in total. The predicted molar refractivity (Wildman–Crippen MR) is 67.0 cm³/mol. The third-order valence-electron chi connectivity index (χ3n) is 2.81. The van der Waals surface area contributed by atoms with Gasteiger partial charge >= 0.3 is 0 Å². The van der Waals surface area contributed by atoms with Crippen molar-refractivity contribution in [3.63, 3.8) is 0 Å². The van der Waals surface area contributed by atoms with Gasteiger partial charge in [0, 0.05) is 26.2 Å². The highest BCUT2D eigenvalue weighted by atomic mass is 16.3. The second kappa shape index (κ2) is 7.39. The second-order valence-corrected chi connectivity index (χ2v) is 3.92. The van der Waals surface area contributed by atoms with Crippen LogP contribution < -0.4 is 5.73 Å². The highest BCUT2D eigenvalue weighted by Crippen LogP contribution is 2.11. The molecule has 0 unspecified atom stereocenters. The predicted octanol–water partition coefficient (Wildman–Crippen LogP) is 1.35. The second-order valence-electron chi connectivity index (χ2n) is 3.92. The minimum absolute atomic E-state index is 0.259. The number of benzene rings is 1. The normalized spacial score (nSPS) is 11.0. The van der Waals surface area contributed by atoms with Crippen molar-refractivity contribution in [2.24, 2.45) is 5.73 Å². The zero-order chi connectivity index (χ0) is 11.8. The fourth-order valence-electron chi connectivity index (χ4n) is 1.80. The fourth-order valence-corrected chi connectivity index (χ4v) is 1.80. The van der Waals surface area contributed by atoms with Gasteiger partial charge in [0.15, 0.2) is 0 Å². The molecule has 0 spiro atoms. The van der Waals surface area contributed by atoms with Crippen LogP contribution >= 0.6 is 0 Å². The third kappa shape index (κ3) is 3.93. The first-order valence-corrected chi connectivity index (χ1v) is 5.91. The standard InChI is InChI=1S/C13H22N2O/c1-2-15(8-5-9-16)11-13-7-4-3-6-12(13)10-14/h3-4,6-7,16H,2,5,8-11,14H2,1H3. The largest absolute Gasteiger partial charge is 0.396 e. The van der Waals surface area contributed by atoms with Crippen LogP contribution in [0.1, 0.15) is 24.5 Å². The van der Waals surface area contributed by atoms with Crippen LogP contribution in [0.4, 0.5) is 0 Å². The van der Waals surface area contributed by atoms with Gasteiger partial charge in [-0.2, -0.15) is 0 Å². The first kappa shape index (κ1) is 13.2. The maximum atomic E-state index is 8.83. The van der Waals surface area contributed by atoms with Crippen molar-refractivity contribution in [1.82, 2.24) is 4.90 Å². The molecular weight excluding hydrogens is 200 g/mol. The molecule has 0 bridgehead atoms. The highest BCUT2D eigenvalue weighted by Gasteiger charge is 2.06. The molecule has 0 amide bonds. The lowest BCUT2D eigenvalue weighted by Gasteiger charge is -2.21. The summed E-state index contributed by atoms with van der Waals surface area (Å²) in [6.45, 7) is 5.85. The molecule has 0 aromatic heterocycles. The van der Waals surface area contributed by atoms with Gasteiger partial charge in [0.25, 0.3) is 0 Å². The molecule has 0 heterocycles. The maximum Gasteiger partial charge on any atom is 0.0443 e. The quantitative estimate of drug-likeness (QED) is 0.732. The highest BCUT2D eigenvalue weighted by molar-refractivity contribution is 5.26. The number of nitrogens with zero attached hydrogens (tertiary/aromatic N) is 1. The van der Waals surface area contributed by atoms with Gasteiger partial charge in [-0.1, -0.05) is 31.2 Å². The molecule has 1 rings (SSSR count). The average molecular weight is 222 g/mol.